The highest BCUT2D eigenvalue weighted by molar-refractivity contribution is 9.10. The molecule has 4 rings (SSSR count). The van der Waals surface area contributed by atoms with Gasteiger partial charge in [-0.2, -0.15) is 0 Å². The van der Waals surface area contributed by atoms with Gasteiger partial charge in [0.15, 0.2) is 0 Å². The lowest BCUT2D eigenvalue weighted by atomic mass is 10.0. The number of halogens is 1. The zero-order chi connectivity index (χ0) is 29.1. The molecule has 0 spiro atoms. The fraction of sp³-hybridized carbons (Fsp3) is 0.300. The van der Waals surface area contributed by atoms with Crippen LogP contribution in [0.3, 0.4) is 0 Å². The molecule has 1 aliphatic rings. The second-order valence-electron chi connectivity index (χ2n) is 9.67. The molecular weight excluding hydrogens is 574 g/mol. The van der Waals surface area contributed by atoms with E-state index in [-0.39, 0.29) is 24.1 Å². The van der Waals surface area contributed by atoms with E-state index in [4.69, 9.17) is 0 Å². The van der Waals surface area contributed by atoms with Crippen molar-refractivity contribution in [3.63, 3.8) is 0 Å². The number of nitrogens with zero attached hydrogens (tertiary/aromatic N) is 4. The predicted molar refractivity (Wildman–Crippen MR) is 158 cm³/mol. The van der Waals surface area contributed by atoms with Crippen molar-refractivity contribution in [3.8, 4) is 5.75 Å². The number of benzene rings is 3. The molecule has 0 bridgehead atoms. The highest BCUT2D eigenvalue weighted by Crippen LogP contribution is 2.20. The van der Waals surface area contributed by atoms with Gasteiger partial charge in [0.05, 0.1) is 13.2 Å². The number of hydrazine groups is 1. The number of aromatic hydroxyl groups is 1. The minimum Gasteiger partial charge on any atom is -0.508 e. The first kappa shape index (κ1) is 30.8. The van der Waals surface area contributed by atoms with Gasteiger partial charge in [-0.05, 0) is 41.0 Å². The third kappa shape index (κ3) is 9.18. The molecule has 1 heterocycles. The molecule has 3 amide bonds. The van der Waals surface area contributed by atoms with Crippen LogP contribution in [0.5, 0.6) is 5.75 Å². The molecule has 2 N–H and O–H groups in total. The Labute approximate surface area is 244 Å². The molecule has 9 nitrogen and oxygen atoms in total. The lowest BCUT2D eigenvalue weighted by molar-refractivity contribution is -0.164. The second-order valence-corrected chi connectivity index (χ2v) is 10.6. The summed E-state index contributed by atoms with van der Waals surface area (Å²) in [5.41, 5.74) is 3.01. The topological polar surface area (TPSA) is 96.4 Å². The molecule has 0 radical (unpaired) electrons. The van der Waals surface area contributed by atoms with Crippen molar-refractivity contribution in [1.29, 1.82) is 0 Å². The van der Waals surface area contributed by atoms with Crippen LogP contribution in [0, 0.1) is 0 Å². The zero-order valence-corrected chi connectivity index (χ0v) is 24.6. The summed E-state index contributed by atoms with van der Waals surface area (Å²) in [6.45, 7) is 1.63. The Morgan fingerprint density at radius 2 is 1.68 bits per heavy atom. The van der Waals surface area contributed by atoms with E-state index in [0.29, 0.717) is 32.6 Å². The molecule has 3 aromatic rings. The van der Waals surface area contributed by atoms with Gasteiger partial charge in [0.2, 0.25) is 18.2 Å². The molecule has 0 aliphatic carbocycles. The van der Waals surface area contributed by atoms with Gasteiger partial charge in [0, 0.05) is 45.1 Å². The predicted octanol–water partition coefficient (Wildman–Crippen LogP) is 3.24. The number of hydrogen-bond donors (Lipinski definition) is 2. The highest BCUT2D eigenvalue weighted by Gasteiger charge is 2.36. The summed E-state index contributed by atoms with van der Waals surface area (Å²) in [6, 6.07) is 23.7. The second kappa shape index (κ2) is 15.2. The molecule has 212 valence electrons. The molecule has 3 aromatic carbocycles. The number of amides is 3. The van der Waals surface area contributed by atoms with Crippen molar-refractivity contribution < 1.29 is 19.5 Å². The third-order valence-corrected chi connectivity index (χ3v) is 7.06. The van der Waals surface area contributed by atoms with E-state index in [9.17, 15) is 19.5 Å². The van der Waals surface area contributed by atoms with Crippen molar-refractivity contribution in [1.82, 2.24) is 25.1 Å². The minimum atomic E-state index is -0.629. The van der Waals surface area contributed by atoms with Crippen molar-refractivity contribution in [2.75, 3.05) is 34.4 Å². The van der Waals surface area contributed by atoms with E-state index >= 15 is 0 Å². The average molecular weight is 611 g/mol. The van der Waals surface area contributed by atoms with E-state index < -0.39 is 6.04 Å². The lowest BCUT2D eigenvalue weighted by Crippen LogP contribution is -2.62. The van der Waals surface area contributed by atoms with Crippen molar-refractivity contribution in [2.45, 2.75) is 25.6 Å². The Morgan fingerprint density at radius 1 is 1.00 bits per heavy atom. The number of carbonyl (C=O) groups is 3. The van der Waals surface area contributed by atoms with Crippen molar-refractivity contribution >= 4 is 34.2 Å². The summed E-state index contributed by atoms with van der Waals surface area (Å²) >= 11 is 3.46. The summed E-state index contributed by atoms with van der Waals surface area (Å²) in [7, 11) is 5.51. The number of rotatable bonds is 9. The molecule has 0 saturated carbocycles. The van der Waals surface area contributed by atoms with Crippen LogP contribution in [-0.2, 0) is 33.9 Å². The SMILES string of the molecule is CN(Cc1cccc(Br)c1)C(=O)C(Cc1ccc(O)cc1)N1CN(C)N(C)CC1=O.O=CNCc1ccccc1. The molecule has 10 heteroatoms. The molecular formula is C30H36BrN5O4. The molecule has 1 fully saturated rings. The largest absolute Gasteiger partial charge is 0.508 e. The van der Waals surface area contributed by atoms with Crippen molar-refractivity contribution in [2.24, 2.45) is 0 Å². The van der Waals surface area contributed by atoms with Crippen LogP contribution in [0.4, 0.5) is 0 Å². The van der Waals surface area contributed by atoms with E-state index in [1.54, 1.807) is 41.1 Å². The van der Waals surface area contributed by atoms with Crippen LogP contribution in [-0.4, -0.2) is 83.5 Å². The van der Waals surface area contributed by atoms with Crippen LogP contribution < -0.4 is 5.32 Å². The van der Waals surface area contributed by atoms with Gasteiger partial charge in [-0.1, -0.05) is 70.5 Å². The van der Waals surface area contributed by atoms with Gasteiger partial charge in [-0.25, -0.2) is 10.0 Å². The average Bonchev–Trinajstić information content (AvgIpc) is 2.94. The Kier molecular flexibility index (Phi) is 11.7. The van der Waals surface area contributed by atoms with Gasteiger partial charge in [0.25, 0.3) is 0 Å². The van der Waals surface area contributed by atoms with Gasteiger partial charge in [-0.3, -0.25) is 14.4 Å². The lowest BCUT2D eigenvalue weighted by Gasteiger charge is -2.43. The van der Waals surface area contributed by atoms with Crippen LogP contribution in [0.25, 0.3) is 0 Å². The third-order valence-electron chi connectivity index (χ3n) is 6.57. The monoisotopic (exact) mass is 609 g/mol. The first-order valence-electron chi connectivity index (χ1n) is 12.9. The first-order valence-corrected chi connectivity index (χ1v) is 13.7. The van der Waals surface area contributed by atoms with Crippen LogP contribution in [0.15, 0.2) is 83.3 Å². The maximum absolute atomic E-state index is 13.5. The Bertz CT molecular complexity index is 1260. The number of likely N-dealkylation sites (N-methyl/N-ethyl adjacent to an activating group) is 2. The van der Waals surface area contributed by atoms with Crippen LogP contribution in [0.2, 0.25) is 0 Å². The molecule has 40 heavy (non-hydrogen) atoms. The number of phenols is 1. The summed E-state index contributed by atoms with van der Waals surface area (Å²) in [5.74, 6) is -0.0262. The summed E-state index contributed by atoms with van der Waals surface area (Å²) in [6.07, 6.45) is 1.08. The molecule has 1 saturated heterocycles. The number of hydrogen-bond acceptors (Lipinski definition) is 6. The van der Waals surface area contributed by atoms with Crippen LogP contribution >= 0.6 is 15.9 Å². The fourth-order valence-electron chi connectivity index (χ4n) is 4.27. The standard InChI is InChI=1S/C22H27BrN4O3.C8H9NO/c1-24(13-17-5-4-6-18(23)11-17)22(30)20(12-16-7-9-19(28)10-8-16)27-15-26(3)25(2)14-21(27)29;10-7-9-6-8-4-2-1-3-5-8/h4-11,20,28H,12-15H2,1-3H3;1-5,7H,6H2,(H,9,10). The maximum Gasteiger partial charge on any atom is 0.245 e. The van der Waals surface area contributed by atoms with E-state index in [1.807, 2.05) is 78.7 Å². The first-order chi connectivity index (χ1) is 19.2. The Morgan fingerprint density at radius 3 is 2.33 bits per heavy atom. The normalized spacial score (nSPS) is 14.6. The smallest absolute Gasteiger partial charge is 0.245 e. The quantitative estimate of drug-likeness (QED) is 0.362. The maximum atomic E-state index is 13.5. The van der Waals surface area contributed by atoms with E-state index in [2.05, 4.69) is 21.2 Å². The summed E-state index contributed by atoms with van der Waals surface area (Å²) in [5, 5.41) is 15.9. The zero-order valence-electron chi connectivity index (χ0n) is 23.0. The molecule has 1 aliphatic heterocycles. The molecule has 1 unspecified atom stereocenters. The van der Waals surface area contributed by atoms with Gasteiger partial charge in [0.1, 0.15) is 11.8 Å². The van der Waals surface area contributed by atoms with E-state index in [0.717, 1.165) is 21.2 Å². The summed E-state index contributed by atoms with van der Waals surface area (Å²) in [4.78, 5) is 39.5. The Hall–Kier alpha value is -3.73. The van der Waals surface area contributed by atoms with Gasteiger partial charge in [-0.15, -0.1) is 0 Å². The fourth-order valence-corrected chi connectivity index (χ4v) is 4.72. The summed E-state index contributed by atoms with van der Waals surface area (Å²) < 4.78 is 0.956. The highest BCUT2D eigenvalue weighted by atomic mass is 79.9. The molecule has 0 aromatic heterocycles. The van der Waals surface area contributed by atoms with Gasteiger partial charge >= 0.3 is 0 Å². The Balaban J connectivity index is 0.000000371. The van der Waals surface area contributed by atoms with Crippen molar-refractivity contribution in [3.05, 3.63) is 100 Å². The molecule has 1 atom stereocenters. The minimum absolute atomic E-state index is 0.0800. The van der Waals surface area contributed by atoms with Crippen LogP contribution in [0.1, 0.15) is 16.7 Å². The van der Waals surface area contributed by atoms with Gasteiger partial charge < -0.3 is 20.2 Å². The number of carbonyl (C=O) groups excluding carboxylic acids is 3. The number of phenolic OH excluding ortho intramolecular Hbond substituents is 1. The van der Waals surface area contributed by atoms with E-state index in [1.165, 1.54) is 0 Å². The number of nitrogens with one attached hydrogen (secondary N) is 1.